The fourth-order valence-corrected chi connectivity index (χ4v) is 3.58. The van der Waals surface area contributed by atoms with Crippen LogP contribution in [0.5, 0.6) is 0 Å². The second-order valence-electron chi connectivity index (χ2n) is 7.26. The third-order valence-electron chi connectivity index (χ3n) is 4.93. The Labute approximate surface area is 169 Å². The first-order chi connectivity index (χ1) is 13.8. The lowest BCUT2D eigenvalue weighted by atomic mass is 10.0. The summed E-state index contributed by atoms with van der Waals surface area (Å²) < 4.78 is 0. The van der Waals surface area contributed by atoms with E-state index in [4.69, 9.17) is 0 Å². The molecule has 0 aliphatic rings. The molecule has 0 spiro atoms. The van der Waals surface area contributed by atoms with E-state index >= 15 is 0 Å². The van der Waals surface area contributed by atoms with E-state index in [1.807, 2.05) is 0 Å². The van der Waals surface area contributed by atoms with Crippen molar-refractivity contribution >= 4 is 27.6 Å². The number of benzene rings is 4. The van der Waals surface area contributed by atoms with Crippen molar-refractivity contribution in [3.8, 4) is 0 Å². The average Bonchev–Trinajstić information content (AvgIpc) is 2.74. The smallest absolute Gasteiger partial charge is 0.0178 e. The molecule has 4 rings (SSSR count). The minimum atomic E-state index is 1.24. The van der Waals surface area contributed by atoms with Crippen LogP contribution < -0.4 is 0 Å². The van der Waals surface area contributed by atoms with E-state index < -0.39 is 0 Å². The molecule has 0 aliphatic carbocycles. The molecular formula is C28H30. The quantitative estimate of drug-likeness (QED) is 0.310. The maximum absolute atomic E-state index is 2.34. The lowest BCUT2D eigenvalue weighted by Crippen LogP contribution is -1.83. The fraction of sp³-hybridized carbons (Fsp3) is 0.214. The summed E-state index contributed by atoms with van der Waals surface area (Å²) in [5, 5.41) is 5.25. The molecule has 0 saturated carbocycles. The van der Waals surface area contributed by atoms with Gasteiger partial charge in [-0.25, -0.2) is 0 Å². The molecule has 0 saturated heterocycles. The molecule has 4 aromatic rings. The maximum atomic E-state index is 2.34. The fourth-order valence-electron chi connectivity index (χ4n) is 3.58. The average molecular weight is 367 g/mol. The standard InChI is InChI=1S/C14H10.C14H20/c1-2-6-12-10-14-8-4-3-7-13(14)9-11(12)5-1;1-3-8-13(9-4-2)12-14-10-6-5-7-11-14/h1-10H;5-7,10-12H,3-4,8-9H2,1-2H3. The Kier molecular flexibility index (Phi) is 7.44. The molecule has 142 valence electrons. The van der Waals surface area contributed by atoms with Gasteiger partial charge in [0.15, 0.2) is 0 Å². The molecule has 0 unspecified atom stereocenters. The highest BCUT2D eigenvalue weighted by Gasteiger charge is 1.96. The van der Waals surface area contributed by atoms with Crippen molar-refractivity contribution < 1.29 is 0 Å². The number of hydrogen-bond acceptors (Lipinski definition) is 0. The number of fused-ring (bicyclic) bond motifs is 2. The van der Waals surface area contributed by atoms with E-state index in [0.717, 1.165) is 0 Å². The first kappa shape index (κ1) is 19.9. The van der Waals surface area contributed by atoms with Gasteiger partial charge in [0.2, 0.25) is 0 Å². The molecule has 0 amide bonds. The van der Waals surface area contributed by atoms with E-state index in [1.54, 1.807) is 5.57 Å². The monoisotopic (exact) mass is 366 g/mol. The third-order valence-corrected chi connectivity index (χ3v) is 4.93. The summed E-state index contributed by atoms with van der Waals surface area (Å²) in [4.78, 5) is 0. The molecule has 0 N–H and O–H groups in total. The van der Waals surface area contributed by atoms with Gasteiger partial charge in [0.25, 0.3) is 0 Å². The van der Waals surface area contributed by atoms with Gasteiger partial charge in [-0.3, -0.25) is 0 Å². The Morgan fingerprint density at radius 1 is 0.571 bits per heavy atom. The third kappa shape index (κ3) is 5.57. The molecule has 0 aliphatic heterocycles. The summed E-state index contributed by atoms with van der Waals surface area (Å²) in [7, 11) is 0. The molecule has 4 aromatic carbocycles. The van der Waals surface area contributed by atoms with Crippen LogP contribution in [0.1, 0.15) is 45.1 Å². The Balaban J connectivity index is 0.000000161. The van der Waals surface area contributed by atoms with E-state index in [2.05, 4.69) is 111 Å². The van der Waals surface area contributed by atoms with E-state index in [0.29, 0.717) is 0 Å². The van der Waals surface area contributed by atoms with E-state index in [-0.39, 0.29) is 0 Å². The van der Waals surface area contributed by atoms with Gasteiger partial charge in [-0.15, -0.1) is 0 Å². The largest absolute Gasteiger partial charge is 0.0696 e. The highest BCUT2D eigenvalue weighted by atomic mass is 14.0. The number of rotatable bonds is 5. The molecule has 0 aromatic heterocycles. The van der Waals surface area contributed by atoms with Gasteiger partial charge in [0, 0.05) is 0 Å². The van der Waals surface area contributed by atoms with E-state index in [9.17, 15) is 0 Å². The molecule has 0 bridgehead atoms. The van der Waals surface area contributed by atoms with Gasteiger partial charge in [-0.1, -0.05) is 117 Å². The van der Waals surface area contributed by atoms with Crippen LogP contribution in [0.25, 0.3) is 27.6 Å². The predicted molar refractivity (Wildman–Crippen MR) is 126 cm³/mol. The Hall–Kier alpha value is -2.86. The highest BCUT2D eigenvalue weighted by molar-refractivity contribution is 5.98. The molecule has 28 heavy (non-hydrogen) atoms. The Morgan fingerprint density at radius 3 is 1.36 bits per heavy atom. The van der Waals surface area contributed by atoms with Crippen molar-refractivity contribution in [3.05, 3.63) is 102 Å². The van der Waals surface area contributed by atoms with Gasteiger partial charge in [-0.2, -0.15) is 0 Å². The first-order valence-corrected chi connectivity index (χ1v) is 10.4. The van der Waals surface area contributed by atoms with Gasteiger partial charge in [0.05, 0.1) is 0 Å². The van der Waals surface area contributed by atoms with Gasteiger partial charge in [0.1, 0.15) is 0 Å². The summed E-state index contributed by atoms with van der Waals surface area (Å²) in [5.74, 6) is 0. The van der Waals surface area contributed by atoms with Crippen molar-refractivity contribution in [2.45, 2.75) is 39.5 Å². The van der Waals surface area contributed by atoms with Crippen LogP contribution in [0.2, 0.25) is 0 Å². The molecule has 0 heteroatoms. The zero-order chi connectivity index (χ0) is 19.6. The van der Waals surface area contributed by atoms with E-state index in [1.165, 1.54) is 52.8 Å². The Morgan fingerprint density at radius 2 is 0.964 bits per heavy atom. The molecular weight excluding hydrogens is 336 g/mol. The molecule has 0 fully saturated rings. The SMILES string of the molecule is CCCC(=Cc1ccccc1)CCC.c1ccc2cc3ccccc3cc2c1. The van der Waals surface area contributed by atoms with Crippen LogP contribution in [0.15, 0.2) is 96.6 Å². The zero-order valence-electron chi connectivity index (χ0n) is 17.1. The summed E-state index contributed by atoms with van der Waals surface area (Å²) >= 11 is 0. The van der Waals surface area contributed by atoms with Crippen LogP contribution in [0.4, 0.5) is 0 Å². The molecule has 0 heterocycles. The van der Waals surface area contributed by atoms with Crippen molar-refractivity contribution in [1.29, 1.82) is 0 Å². The number of allylic oxidation sites excluding steroid dienone is 1. The van der Waals surface area contributed by atoms with Crippen LogP contribution in [-0.2, 0) is 0 Å². The Bertz CT molecular complexity index is 912. The summed E-state index contributed by atoms with van der Waals surface area (Å²) in [6, 6.07) is 32.0. The van der Waals surface area contributed by atoms with Gasteiger partial charge < -0.3 is 0 Å². The first-order valence-electron chi connectivity index (χ1n) is 10.4. The second kappa shape index (κ2) is 10.5. The number of hydrogen-bond donors (Lipinski definition) is 0. The van der Waals surface area contributed by atoms with Crippen LogP contribution in [0.3, 0.4) is 0 Å². The topological polar surface area (TPSA) is 0 Å². The minimum Gasteiger partial charge on any atom is -0.0696 e. The molecule has 0 atom stereocenters. The van der Waals surface area contributed by atoms with Crippen molar-refractivity contribution in [1.82, 2.24) is 0 Å². The summed E-state index contributed by atoms with van der Waals surface area (Å²) in [5.41, 5.74) is 2.92. The van der Waals surface area contributed by atoms with Crippen molar-refractivity contribution in [2.24, 2.45) is 0 Å². The van der Waals surface area contributed by atoms with Crippen LogP contribution >= 0.6 is 0 Å². The van der Waals surface area contributed by atoms with Crippen molar-refractivity contribution in [2.75, 3.05) is 0 Å². The molecule has 0 nitrogen and oxygen atoms in total. The van der Waals surface area contributed by atoms with Gasteiger partial charge in [-0.05, 0) is 52.1 Å². The lowest BCUT2D eigenvalue weighted by Gasteiger charge is -2.04. The minimum absolute atomic E-state index is 1.24. The summed E-state index contributed by atoms with van der Waals surface area (Å²) in [6.07, 6.45) is 7.32. The van der Waals surface area contributed by atoms with Crippen LogP contribution in [0, 0.1) is 0 Å². The maximum Gasteiger partial charge on any atom is -0.0178 e. The second-order valence-corrected chi connectivity index (χ2v) is 7.26. The predicted octanol–water partition coefficient (Wildman–Crippen LogP) is 8.66. The van der Waals surface area contributed by atoms with Crippen molar-refractivity contribution in [3.63, 3.8) is 0 Å². The van der Waals surface area contributed by atoms with Crippen LogP contribution in [-0.4, -0.2) is 0 Å². The molecule has 0 radical (unpaired) electrons. The zero-order valence-corrected chi connectivity index (χ0v) is 17.1. The normalized spacial score (nSPS) is 10.4. The van der Waals surface area contributed by atoms with Gasteiger partial charge >= 0.3 is 0 Å². The highest BCUT2D eigenvalue weighted by Crippen LogP contribution is 2.22. The lowest BCUT2D eigenvalue weighted by molar-refractivity contribution is 0.810. The summed E-state index contributed by atoms with van der Waals surface area (Å²) in [6.45, 7) is 4.49.